The van der Waals surface area contributed by atoms with Crippen molar-refractivity contribution < 1.29 is 4.74 Å². The van der Waals surface area contributed by atoms with Crippen molar-refractivity contribution in [2.75, 3.05) is 19.7 Å². The van der Waals surface area contributed by atoms with Crippen LogP contribution in [0.2, 0.25) is 5.28 Å². The summed E-state index contributed by atoms with van der Waals surface area (Å²) in [5.41, 5.74) is 4.11. The average Bonchev–Trinajstić information content (AvgIpc) is 3.55. The Kier molecular flexibility index (Phi) is 5.46. The molecular weight excluding hydrogens is 446 g/mol. The van der Waals surface area contributed by atoms with Gasteiger partial charge in [-0.2, -0.15) is 9.97 Å². The van der Waals surface area contributed by atoms with E-state index in [9.17, 15) is 0 Å². The maximum Gasteiger partial charge on any atom is 0.246 e. The lowest BCUT2D eigenvalue weighted by Gasteiger charge is -2.31. The molecule has 7 heteroatoms. The molecule has 4 heterocycles. The van der Waals surface area contributed by atoms with E-state index < -0.39 is 0 Å². The zero-order valence-electron chi connectivity index (χ0n) is 19.8. The van der Waals surface area contributed by atoms with Crippen molar-refractivity contribution in [3.05, 3.63) is 59.1 Å². The van der Waals surface area contributed by atoms with Gasteiger partial charge in [0.05, 0.1) is 17.9 Å². The molecular formula is C27H30ClN5O. The molecule has 2 aromatic heterocycles. The minimum absolute atomic E-state index is 0.0268. The Morgan fingerprint density at radius 2 is 1.85 bits per heavy atom. The summed E-state index contributed by atoms with van der Waals surface area (Å²) in [4.78, 5) is 16.3. The molecule has 1 atom stereocenters. The molecule has 6 rings (SSSR count). The van der Waals surface area contributed by atoms with Crippen LogP contribution < -0.4 is 4.74 Å². The summed E-state index contributed by atoms with van der Waals surface area (Å²) in [7, 11) is 0. The average molecular weight is 476 g/mol. The third-order valence-corrected chi connectivity index (χ3v) is 8.09. The first-order valence-electron chi connectivity index (χ1n) is 12.4. The largest absolute Gasteiger partial charge is 0.474 e. The van der Waals surface area contributed by atoms with Gasteiger partial charge in [0, 0.05) is 0 Å². The number of ether oxygens (including phenoxy) is 1. The van der Waals surface area contributed by atoms with E-state index in [0.29, 0.717) is 23.7 Å². The first kappa shape index (κ1) is 21.8. The molecule has 2 aliphatic heterocycles. The third kappa shape index (κ3) is 3.46. The molecule has 0 bridgehead atoms. The van der Waals surface area contributed by atoms with Crippen molar-refractivity contribution in [3.63, 3.8) is 0 Å². The summed E-state index contributed by atoms with van der Waals surface area (Å²) in [6.45, 7) is 7.35. The fourth-order valence-corrected chi connectivity index (χ4v) is 6.31. The maximum atomic E-state index is 6.40. The monoisotopic (exact) mass is 475 g/mol. The second-order valence-electron chi connectivity index (χ2n) is 9.72. The normalized spacial score (nSPS) is 18.6. The first-order chi connectivity index (χ1) is 16.6. The molecule has 2 aromatic carbocycles. The Bertz CT molecular complexity index is 1350. The van der Waals surface area contributed by atoms with E-state index in [0.717, 1.165) is 6.42 Å². The molecule has 4 aromatic rings. The predicted octanol–water partition coefficient (Wildman–Crippen LogP) is 5.81. The summed E-state index contributed by atoms with van der Waals surface area (Å²) in [5.74, 6) is 0.487. The van der Waals surface area contributed by atoms with Crippen LogP contribution in [0.25, 0.3) is 21.9 Å². The topological polar surface area (TPSA) is 56.1 Å². The number of hydrogen-bond acceptors (Lipinski definition) is 5. The van der Waals surface area contributed by atoms with Gasteiger partial charge in [0.2, 0.25) is 11.2 Å². The van der Waals surface area contributed by atoms with E-state index >= 15 is 0 Å². The number of aromatic nitrogens is 4. The molecule has 2 fully saturated rings. The maximum absolute atomic E-state index is 6.40. The van der Waals surface area contributed by atoms with Gasteiger partial charge in [-0.05, 0) is 85.6 Å². The van der Waals surface area contributed by atoms with Crippen molar-refractivity contribution in [2.45, 2.75) is 57.5 Å². The third-order valence-electron chi connectivity index (χ3n) is 7.92. The summed E-state index contributed by atoms with van der Waals surface area (Å²) in [6.07, 6.45) is 7.66. The van der Waals surface area contributed by atoms with Gasteiger partial charge in [0.1, 0.15) is 6.61 Å². The Morgan fingerprint density at radius 3 is 2.62 bits per heavy atom. The zero-order valence-corrected chi connectivity index (χ0v) is 20.6. The second-order valence-corrected chi connectivity index (χ2v) is 10.1. The first-order valence-corrected chi connectivity index (χ1v) is 12.8. The summed E-state index contributed by atoms with van der Waals surface area (Å²) >= 11 is 6.40. The van der Waals surface area contributed by atoms with Crippen LogP contribution in [-0.2, 0) is 6.42 Å². The van der Waals surface area contributed by atoms with Crippen LogP contribution in [0.4, 0.5) is 0 Å². The molecule has 6 nitrogen and oxygen atoms in total. The van der Waals surface area contributed by atoms with Crippen molar-refractivity contribution in [1.82, 2.24) is 24.4 Å². The van der Waals surface area contributed by atoms with Crippen LogP contribution in [0.15, 0.2) is 42.7 Å². The van der Waals surface area contributed by atoms with Crippen LogP contribution >= 0.6 is 11.6 Å². The smallest absolute Gasteiger partial charge is 0.246 e. The number of fused-ring (bicyclic) bond motifs is 3. The number of nitrogens with zero attached hydrogens (tertiary/aromatic N) is 5. The standard InChI is InChI=1S/C27H30ClN5O/c1-3-19-8-4-9-20-10-5-11-21(22(19)20)18(2)33-17-29-23-24(33)30-26(28)31-25(23)34-16-27-12-6-14-32(27)15-7-13-27/h4-5,8-11,17-18H,3,6-7,12-16H2,1-2H3. The molecule has 0 N–H and O–H groups in total. The van der Waals surface area contributed by atoms with Gasteiger partial charge >= 0.3 is 0 Å². The summed E-state index contributed by atoms with van der Waals surface area (Å²) in [5, 5.41) is 2.75. The van der Waals surface area contributed by atoms with Gasteiger partial charge in [0.25, 0.3) is 0 Å². The van der Waals surface area contributed by atoms with Crippen LogP contribution in [0.1, 0.15) is 56.7 Å². The van der Waals surface area contributed by atoms with Crippen molar-refractivity contribution in [3.8, 4) is 5.88 Å². The van der Waals surface area contributed by atoms with Crippen molar-refractivity contribution in [1.29, 1.82) is 0 Å². The number of aryl methyl sites for hydroxylation is 1. The number of hydrogen-bond donors (Lipinski definition) is 0. The van der Waals surface area contributed by atoms with Crippen molar-refractivity contribution >= 4 is 33.5 Å². The van der Waals surface area contributed by atoms with Gasteiger partial charge in [-0.1, -0.05) is 43.3 Å². The number of benzene rings is 2. The van der Waals surface area contributed by atoms with Gasteiger partial charge in [-0.15, -0.1) is 0 Å². The molecule has 2 aliphatic rings. The summed E-state index contributed by atoms with van der Waals surface area (Å²) in [6, 6.07) is 13.0. The lowest BCUT2D eigenvalue weighted by atomic mass is 9.94. The predicted molar refractivity (Wildman–Crippen MR) is 136 cm³/mol. The highest BCUT2D eigenvalue weighted by Gasteiger charge is 2.45. The molecule has 0 radical (unpaired) electrons. The highest BCUT2D eigenvalue weighted by Crippen LogP contribution is 2.40. The van der Waals surface area contributed by atoms with E-state index in [4.69, 9.17) is 21.3 Å². The Labute approximate surface area is 204 Å². The molecule has 1 unspecified atom stereocenters. The molecule has 0 aliphatic carbocycles. The molecule has 176 valence electrons. The Morgan fingerprint density at radius 1 is 1.09 bits per heavy atom. The fraction of sp³-hybridized carbons (Fsp3) is 0.444. The van der Waals surface area contributed by atoms with Crippen molar-refractivity contribution in [2.24, 2.45) is 0 Å². The van der Waals surface area contributed by atoms with Gasteiger partial charge < -0.3 is 9.30 Å². The van der Waals surface area contributed by atoms with Crippen LogP contribution in [0.3, 0.4) is 0 Å². The highest BCUT2D eigenvalue weighted by molar-refractivity contribution is 6.28. The van der Waals surface area contributed by atoms with E-state index in [-0.39, 0.29) is 16.9 Å². The van der Waals surface area contributed by atoms with Gasteiger partial charge in [-0.3, -0.25) is 4.90 Å². The second kappa shape index (κ2) is 8.51. The van der Waals surface area contributed by atoms with E-state index in [1.807, 2.05) is 6.33 Å². The molecule has 0 amide bonds. The SMILES string of the molecule is CCc1cccc2cccc(C(C)n3cnc4c(OCC56CCCN5CCC6)nc(Cl)nc43)c12. The van der Waals surface area contributed by atoms with Gasteiger partial charge in [-0.25, -0.2) is 4.98 Å². The number of rotatable bonds is 6. The molecule has 34 heavy (non-hydrogen) atoms. The van der Waals surface area contributed by atoms with E-state index in [1.54, 1.807) is 0 Å². The number of halogens is 1. The highest BCUT2D eigenvalue weighted by atomic mass is 35.5. The lowest BCUT2D eigenvalue weighted by Crippen LogP contribution is -2.43. The molecule has 0 spiro atoms. The lowest BCUT2D eigenvalue weighted by molar-refractivity contribution is 0.111. The number of imidazole rings is 1. The Hall–Kier alpha value is -2.70. The van der Waals surface area contributed by atoms with Crippen LogP contribution in [0, 0.1) is 0 Å². The minimum Gasteiger partial charge on any atom is -0.474 e. The van der Waals surface area contributed by atoms with E-state index in [1.165, 1.54) is 60.7 Å². The Balaban J connectivity index is 1.38. The quantitative estimate of drug-likeness (QED) is 0.329. The zero-order chi connectivity index (χ0) is 23.3. The van der Waals surface area contributed by atoms with Gasteiger partial charge in [0.15, 0.2) is 11.2 Å². The fourth-order valence-electron chi connectivity index (χ4n) is 6.16. The summed E-state index contributed by atoms with van der Waals surface area (Å²) < 4.78 is 8.43. The van der Waals surface area contributed by atoms with Crippen LogP contribution in [0.5, 0.6) is 5.88 Å². The van der Waals surface area contributed by atoms with Crippen LogP contribution in [-0.4, -0.2) is 49.7 Å². The van der Waals surface area contributed by atoms with E-state index in [2.05, 4.69) is 69.7 Å². The molecule has 2 saturated heterocycles. The minimum atomic E-state index is 0.0268. The molecule has 0 saturated carbocycles.